The molecule has 0 saturated heterocycles. The maximum Gasteiger partial charge on any atom is 0.0951 e. The van der Waals surface area contributed by atoms with Crippen molar-refractivity contribution in [3.8, 4) is 0 Å². The van der Waals surface area contributed by atoms with Gasteiger partial charge in [0.1, 0.15) is 0 Å². The Morgan fingerprint density at radius 1 is 1.54 bits per heavy atom. The van der Waals surface area contributed by atoms with Crippen LogP contribution < -0.4 is 0 Å². The molecule has 1 aromatic heterocycles. The van der Waals surface area contributed by atoms with E-state index >= 15 is 0 Å². The number of hydrogen-bond donors (Lipinski definition) is 0. The first-order chi connectivity index (χ1) is 5.74. The molecular formula is C10H17BrN2. The van der Waals surface area contributed by atoms with Gasteiger partial charge in [-0.2, -0.15) is 0 Å². The molecule has 3 heteroatoms. The molecule has 0 aliphatic heterocycles. The molecule has 0 N–H and O–H groups in total. The normalized spacial score (nSPS) is 12.2. The second-order valence-corrected chi connectivity index (χ2v) is 3.44. The van der Waals surface area contributed by atoms with Gasteiger partial charge < -0.3 is 4.57 Å². The van der Waals surface area contributed by atoms with E-state index in [4.69, 9.17) is 0 Å². The fraction of sp³-hybridized carbons (Fsp3) is 0.500. The van der Waals surface area contributed by atoms with E-state index in [0.29, 0.717) is 12.0 Å². The van der Waals surface area contributed by atoms with Gasteiger partial charge in [-0.15, -0.1) is 23.6 Å². The van der Waals surface area contributed by atoms with E-state index in [-0.39, 0.29) is 17.0 Å². The molecule has 1 atom stereocenters. The highest BCUT2D eigenvalue weighted by atomic mass is 79.9. The second-order valence-electron chi connectivity index (χ2n) is 3.44. The summed E-state index contributed by atoms with van der Waals surface area (Å²) in [7, 11) is 0. The maximum absolute atomic E-state index is 4.01. The minimum Gasteiger partial charge on any atom is -0.331 e. The van der Waals surface area contributed by atoms with E-state index in [9.17, 15) is 0 Å². The lowest BCUT2D eigenvalue weighted by molar-refractivity contribution is 0.462. The highest BCUT2D eigenvalue weighted by molar-refractivity contribution is 8.93. The minimum absolute atomic E-state index is 0. The van der Waals surface area contributed by atoms with Crippen LogP contribution in [0, 0.1) is 5.92 Å². The van der Waals surface area contributed by atoms with Crippen LogP contribution in [0.5, 0.6) is 0 Å². The zero-order valence-electron chi connectivity index (χ0n) is 8.18. The molecular weight excluding hydrogens is 228 g/mol. The fourth-order valence-corrected chi connectivity index (χ4v) is 1.29. The van der Waals surface area contributed by atoms with Gasteiger partial charge in [0, 0.05) is 12.4 Å². The van der Waals surface area contributed by atoms with E-state index in [1.165, 1.54) is 0 Å². The van der Waals surface area contributed by atoms with Crippen molar-refractivity contribution in [1.29, 1.82) is 0 Å². The van der Waals surface area contributed by atoms with Crippen LogP contribution in [0.15, 0.2) is 31.4 Å². The van der Waals surface area contributed by atoms with Crippen molar-refractivity contribution in [3.05, 3.63) is 31.4 Å². The molecule has 2 nitrogen and oxygen atoms in total. The molecule has 13 heavy (non-hydrogen) atoms. The van der Waals surface area contributed by atoms with Crippen molar-refractivity contribution < 1.29 is 0 Å². The molecule has 1 heterocycles. The third-order valence-electron chi connectivity index (χ3n) is 1.89. The number of hydrogen-bond acceptors (Lipinski definition) is 1. The van der Waals surface area contributed by atoms with Crippen LogP contribution in [0.4, 0.5) is 0 Å². The summed E-state index contributed by atoms with van der Waals surface area (Å²) in [5.74, 6) is 0.690. The number of halogens is 1. The van der Waals surface area contributed by atoms with Gasteiger partial charge in [-0.3, -0.25) is 0 Å². The summed E-state index contributed by atoms with van der Waals surface area (Å²) in [4.78, 5) is 4.01. The highest BCUT2D eigenvalue weighted by Gasteiger charge is 2.07. The largest absolute Gasteiger partial charge is 0.331 e. The summed E-state index contributed by atoms with van der Waals surface area (Å²) >= 11 is 0. The van der Waals surface area contributed by atoms with Gasteiger partial charge in [0.05, 0.1) is 12.4 Å². The third kappa shape index (κ3) is 3.77. The lowest BCUT2D eigenvalue weighted by Crippen LogP contribution is -2.06. The van der Waals surface area contributed by atoms with E-state index < -0.39 is 0 Å². The van der Waals surface area contributed by atoms with Gasteiger partial charge in [0.15, 0.2) is 0 Å². The van der Waals surface area contributed by atoms with E-state index in [1.54, 1.807) is 6.20 Å². The first-order valence-electron chi connectivity index (χ1n) is 4.34. The van der Waals surface area contributed by atoms with Gasteiger partial charge in [0.2, 0.25) is 0 Å². The number of imidazole rings is 1. The molecule has 74 valence electrons. The molecule has 1 rings (SSSR count). The molecule has 0 saturated carbocycles. The van der Waals surface area contributed by atoms with Crippen LogP contribution in [0.1, 0.15) is 26.3 Å². The average Bonchev–Trinajstić information content (AvgIpc) is 2.51. The number of rotatable bonds is 4. The van der Waals surface area contributed by atoms with Gasteiger partial charge in [0.25, 0.3) is 0 Å². The summed E-state index contributed by atoms with van der Waals surface area (Å²) in [6, 6.07) is 0.396. The SMILES string of the molecule is Br.C=CC(CC(C)C)n1ccnc1. The van der Waals surface area contributed by atoms with Crippen LogP contribution in [0.3, 0.4) is 0 Å². The van der Waals surface area contributed by atoms with E-state index in [1.807, 2.05) is 18.6 Å². The lowest BCUT2D eigenvalue weighted by Gasteiger charge is -2.15. The Morgan fingerprint density at radius 3 is 2.62 bits per heavy atom. The molecule has 0 amide bonds. The predicted molar refractivity (Wildman–Crippen MR) is 61.2 cm³/mol. The Bertz CT molecular complexity index is 229. The van der Waals surface area contributed by atoms with Crippen molar-refractivity contribution >= 4 is 17.0 Å². The van der Waals surface area contributed by atoms with Gasteiger partial charge in [-0.05, 0) is 12.3 Å². The zero-order chi connectivity index (χ0) is 8.97. The summed E-state index contributed by atoms with van der Waals surface area (Å²) in [6.45, 7) is 8.25. The zero-order valence-corrected chi connectivity index (χ0v) is 9.89. The highest BCUT2D eigenvalue weighted by Crippen LogP contribution is 2.17. The fourth-order valence-electron chi connectivity index (χ4n) is 1.29. The Labute approximate surface area is 90.4 Å². The summed E-state index contributed by atoms with van der Waals surface area (Å²) in [5, 5.41) is 0. The summed E-state index contributed by atoms with van der Waals surface area (Å²) in [6.07, 6.45) is 8.72. The van der Waals surface area contributed by atoms with Crippen molar-refractivity contribution in [2.75, 3.05) is 0 Å². The van der Waals surface area contributed by atoms with Crippen LogP contribution >= 0.6 is 17.0 Å². The predicted octanol–water partition coefficient (Wildman–Crippen LogP) is 3.23. The number of allylic oxidation sites excluding steroid dienone is 1. The Kier molecular flexibility index (Phi) is 5.71. The standard InChI is InChI=1S/C10H16N2.BrH/c1-4-10(7-9(2)3)12-6-5-11-8-12;/h4-6,8-10H,1,7H2,2-3H3;1H. The molecule has 0 aliphatic carbocycles. The van der Waals surface area contributed by atoms with Crippen molar-refractivity contribution in [2.24, 2.45) is 5.92 Å². The minimum atomic E-state index is 0. The van der Waals surface area contributed by atoms with Crippen LogP contribution in [-0.4, -0.2) is 9.55 Å². The monoisotopic (exact) mass is 244 g/mol. The maximum atomic E-state index is 4.01. The summed E-state index contributed by atoms with van der Waals surface area (Å²) < 4.78 is 2.09. The molecule has 0 fully saturated rings. The quantitative estimate of drug-likeness (QED) is 0.744. The topological polar surface area (TPSA) is 17.8 Å². The Morgan fingerprint density at radius 2 is 2.23 bits per heavy atom. The Balaban J connectivity index is 0.00000144. The van der Waals surface area contributed by atoms with Crippen molar-refractivity contribution in [1.82, 2.24) is 9.55 Å². The van der Waals surface area contributed by atoms with Gasteiger partial charge in [-0.25, -0.2) is 4.98 Å². The average molecular weight is 245 g/mol. The molecule has 0 spiro atoms. The number of nitrogens with zero attached hydrogens (tertiary/aromatic N) is 2. The first-order valence-corrected chi connectivity index (χ1v) is 4.34. The molecule has 0 bridgehead atoms. The number of aromatic nitrogens is 2. The van der Waals surface area contributed by atoms with Crippen molar-refractivity contribution in [3.63, 3.8) is 0 Å². The lowest BCUT2D eigenvalue weighted by atomic mass is 10.0. The summed E-state index contributed by atoms with van der Waals surface area (Å²) in [5.41, 5.74) is 0. The molecule has 1 aromatic rings. The van der Waals surface area contributed by atoms with Gasteiger partial charge in [-0.1, -0.05) is 19.9 Å². The van der Waals surface area contributed by atoms with Crippen LogP contribution in [0.2, 0.25) is 0 Å². The van der Waals surface area contributed by atoms with Crippen molar-refractivity contribution in [2.45, 2.75) is 26.3 Å². The smallest absolute Gasteiger partial charge is 0.0951 e. The Hall–Kier alpha value is -0.570. The van der Waals surface area contributed by atoms with Crippen LogP contribution in [-0.2, 0) is 0 Å². The third-order valence-corrected chi connectivity index (χ3v) is 1.89. The van der Waals surface area contributed by atoms with Gasteiger partial charge >= 0.3 is 0 Å². The van der Waals surface area contributed by atoms with Crippen LogP contribution in [0.25, 0.3) is 0 Å². The van der Waals surface area contributed by atoms with E-state index in [2.05, 4.69) is 30.0 Å². The molecule has 0 aromatic carbocycles. The molecule has 0 radical (unpaired) electrons. The second kappa shape index (κ2) is 5.97. The molecule has 1 unspecified atom stereocenters. The first kappa shape index (κ1) is 12.4. The van der Waals surface area contributed by atoms with E-state index in [0.717, 1.165) is 6.42 Å². The molecule has 0 aliphatic rings.